The third-order valence-electron chi connectivity index (χ3n) is 4.00. The van der Waals surface area contributed by atoms with Crippen LogP contribution in [-0.4, -0.2) is 22.1 Å². The van der Waals surface area contributed by atoms with Crippen LogP contribution in [0.15, 0.2) is 54.6 Å². The van der Waals surface area contributed by atoms with Crippen molar-refractivity contribution < 1.29 is 18.0 Å². The van der Waals surface area contributed by atoms with Gasteiger partial charge in [-0.2, -0.15) is 13.2 Å². The van der Waals surface area contributed by atoms with Gasteiger partial charge in [-0.15, -0.1) is 0 Å². The Morgan fingerprint density at radius 1 is 1.08 bits per heavy atom. The zero-order valence-electron chi connectivity index (χ0n) is 13.9. The van der Waals surface area contributed by atoms with E-state index in [0.29, 0.717) is 17.8 Å². The third kappa shape index (κ3) is 4.84. The van der Waals surface area contributed by atoms with Gasteiger partial charge in [0.25, 0.3) is 0 Å². The number of nitrogens with zero attached hydrogens (tertiary/aromatic N) is 1. The minimum Gasteiger partial charge on any atom is -0.349 e. The number of amides is 1. The van der Waals surface area contributed by atoms with Crippen LogP contribution in [0.25, 0.3) is 11.0 Å². The van der Waals surface area contributed by atoms with Gasteiger partial charge in [-0.05, 0) is 17.7 Å². The first-order chi connectivity index (χ1) is 12.4. The van der Waals surface area contributed by atoms with Crippen LogP contribution in [0.3, 0.4) is 0 Å². The Bertz CT molecular complexity index is 841. The number of aromatic amines is 1. The van der Waals surface area contributed by atoms with Crippen molar-refractivity contribution in [2.24, 2.45) is 0 Å². The van der Waals surface area contributed by atoms with Crippen molar-refractivity contribution in [3.05, 3.63) is 66.0 Å². The molecule has 0 aliphatic carbocycles. The highest BCUT2D eigenvalue weighted by Gasteiger charge is 2.33. The molecular weight excluding hydrogens is 343 g/mol. The van der Waals surface area contributed by atoms with Crippen LogP contribution in [0.4, 0.5) is 13.2 Å². The molecule has 1 heterocycles. The fourth-order valence-electron chi connectivity index (χ4n) is 2.79. The lowest BCUT2D eigenvalue weighted by Gasteiger charge is -2.20. The molecule has 0 spiro atoms. The highest BCUT2D eigenvalue weighted by Crippen LogP contribution is 2.29. The largest absolute Gasteiger partial charge is 0.391 e. The van der Waals surface area contributed by atoms with Crippen LogP contribution < -0.4 is 5.32 Å². The molecular formula is C19H18F3N3O. The van der Waals surface area contributed by atoms with Gasteiger partial charge in [0.05, 0.1) is 23.5 Å². The predicted octanol–water partition coefficient (Wildman–Crippen LogP) is 4.31. The van der Waals surface area contributed by atoms with E-state index in [2.05, 4.69) is 15.3 Å². The summed E-state index contributed by atoms with van der Waals surface area (Å²) in [6.45, 7) is 0. The lowest BCUT2D eigenvalue weighted by atomic mass is 10.0. The van der Waals surface area contributed by atoms with Crippen LogP contribution in [0.1, 0.15) is 30.3 Å². The van der Waals surface area contributed by atoms with Gasteiger partial charge < -0.3 is 10.3 Å². The summed E-state index contributed by atoms with van der Waals surface area (Å²) in [4.78, 5) is 19.6. The predicted molar refractivity (Wildman–Crippen MR) is 92.4 cm³/mol. The average Bonchev–Trinajstić information content (AvgIpc) is 3.02. The number of para-hydroxylation sites is 2. The number of carbonyl (C=O) groups is 1. The molecule has 0 aliphatic heterocycles. The van der Waals surface area contributed by atoms with Crippen LogP contribution in [-0.2, 0) is 11.2 Å². The van der Waals surface area contributed by atoms with Gasteiger partial charge in [0, 0.05) is 12.8 Å². The molecule has 0 fully saturated rings. The van der Waals surface area contributed by atoms with Gasteiger partial charge in [-0.25, -0.2) is 4.98 Å². The highest BCUT2D eigenvalue weighted by atomic mass is 19.4. The average molecular weight is 361 g/mol. The van der Waals surface area contributed by atoms with E-state index < -0.39 is 24.5 Å². The van der Waals surface area contributed by atoms with Gasteiger partial charge in [-0.3, -0.25) is 4.79 Å². The number of H-pyrrole nitrogens is 1. The summed E-state index contributed by atoms with van der Waals surface area (Å²) >= 11 is 0. The molecule has 3 rings (SSSR count). The Kier molecular flexibility index (Phi) is 5.25. The Labute approximate surface area is 148 Å². The Morgan fingerprint density at radius 3 is 2.46 bits per heavy atom. The van der Waals surface area contributed by atoms with E-state index >= 15 is 0 Å². The molecule has 136 valence electrons. The molecule has 1 amide bonds. The molecule has 2 aromatic carbocycles. The minimum atomic E-state index is -4.37. The van der Waals surface area contributed by atoms with E-state index in [1.165, 1.54) is 0 Å². The van der Waals surface area contributed by atoms with E-state index in [1.54, 1.807) is 30.3 Å². The molecule has 26 heavy (non-hydrogen) atoms. The van der Waals surface area contributed by atoms with Gasteiger partial charge in [0.15, 0.2) is 0 Å². The molecule has 0 bridgehead atoms. The van der Waals surface area contributed by atoms with Gasteiger partial charge in [0.2, 0.25) is 5.91 Å². The number of hydrogen-bond donors (Lipinski definition) is 2. The van der Waals surface area contributed by atoms with Crippen molar-refractivity contribution in [3.8, 4) is 0 Å². The van der Waals surface area contributed by atoms with Crippen molar-refractivity contribution in [1.29, 1.82) is 0 Å². The number of alkyl halides is 3. The molecule has 1 atom stereocenters. The molecule has 2 N–H and O–H groups in total. The number of nitrogens with one attached hydrogen (secondary N) is 2. The summed E-state index contributed by atoms with van der Waals surface area (Å²) in [6, 6.07) is 14.5. The topological polar surface area (TPSA) is 57.8 Å². The van der Waals surface area contributed by atoms with Crippen LogP contribution in [0.2, 0.25) is 0 Å². The minimum absolute atomic E-state index is 0.0566. The number of carbonyl (C=O) groups excluding carboxylic acids is 1. The van der Waals surface area contributed by atoms with Crippen molar-refractivity contribution in [2.75, 3.05) is 0 Å². The van der Waals surface area contributed by atoms with Crippen molar-refractivity contribution >= 4 is 16.9 Å². The SMILES string of the molecule is O=C(CCc1nc2ccccc2[nH]1)NC(CC(F)(F)F)c1ccccc1. The number of halogens is 3. The number of imidazole rings is 1. The van der Waals surface area contributed by atoms with Crippen molar-refractivity contribution in [3.63, 3.8) is 0 Å². The standard InChI is InChI=1S/C19H18F3N3O/c20-19(21,22)12-16(13-6-2-1-3-7-13)25-18(26)11-10-17-23-14-8-4-5-9-15(14)24-17/h1-9,16H,10-12H2,(H,23,24)(H,25,26). The zero-order valence-corrected chi connectivity index (χ0v) is 13.9. The maximum atomic E-state index is 12.8. The lowest BCUT2D eigenvalue weighted by Crippen LogP contribution is -2.32. The quantitative estimate of drug-likeness (QED) is 0.688. The maximum absolute atomic E-state index is 12.8. The Hall–Kier alpha value is -2.83. The van der Waals surface area contributed by atoms with E-state index in [0.717, 1.165) is 11.0 Å². The summed E-state index contributed by atoms with van der Waals surface area (Å²) in [5, 5.41) is 2.49. The molecule has 7 heteroatoms. The molecule has 3 aromatic rings. The fraction of sp³-hybridized carbons (Fsp3) is 0.263. The fourth-order valence-corrected chi connectivity index (χ4v) is 2.79. The zero-order chi connectivity index (χ0) is 18.6. The Morgan fingerprint density at radius 2 is 1.77 bits per heavy atom. The first-order valence-electron chi connectivity index (χ1n) is 8.25. The molecule has 1 aromatic heterocycles. The number of aryl methyl sites for hydroxylation is 1. The lowest BCUT2D eigenvalue weighted by molar-refractivity contribution is -0.142. The van der Waals surface area contributed by atoms with Gasteiger partial charge >= 0.3 is 6.18 Å². The third-order valence-corrected chi connectivity index (χ3v) is 4.00. The van der Waals surface area contributed by atoms with Gasteiger partial charge in [-0.1, -0.05) is 42.5 Å². The number of hydrogen-bond acceptors (Lipinski definition) is 2. The summed E-state index contributed by atoms with van der Waals surface area (Å²) in [7, 11) is 0. The summed E-state index contributed by atoms with van der Waals surface area (Å²) in [6.07, 6.45) is -5.09. The smallest absolute Gasteiger partial charge is 0.349 e. The van der Waals surface area contributed by atoms with Gasteiger partial charge in [0.1, 0.15) is 5.82 Å². The first-order valence-corrected chi connectivity index (χ1v) is 8.25. The second-order valence-electron chi connectivity index (χ2n) is 6.05. The normalized spacial score (nSPS) is 12.9. The van der Waals surface area contributed by atoms with E-state index in [1.807, 2.05) is 24.3 Å². The monoisotopic (exact) mass is 361 g/mol. The molecule has 0 saturated carbocycles. The summed E-state index contributed by atoms with van der Waals surface area (Å²) < 4.78 is 38.5. The van der Waals surface area contributed by atoms with Crippen LogP contribution in [0, 0.1) is 0 Å². The van der Waals surface area contributed by atoms with Crippen molar-refractivity contribution in [2.45, 2.75) is 31.5 Å². The molecule has 0 saturated heterocycles. The molecule has 0 aliphatic rings. The number of aromatic nitrogens is 2. The first kappa shape index (κ1) is 18.0. The second-order valence-corrected chi connectivity index (χ2v) is 6.05. The number of fused-ring (bicyclic) bond motifs is 1. The van der Waals surface area contributed by atoms with E-state index in [9.17, 15) is 18.0 Å². The van der Waals surface area contributed by atoms with E-state index in [4.69, 9.17) is 0 Å². The van der Waals surface area contributed by atoms with Crippen LogP contribution in [0.5, 0.6) is 0 Å². The summed E-state index contributed by atoms with van der Waals surface area (Å²) in [5.74, 6) is 0.192. The maximum Gasteiger partial charge on any atom is 0.391 e. The number of rotatable bonds is 6. The molecule has 1 unspecified atom stereocenters. The van der Waals surface area contributed by atoms with E-state index in [-0.39, 0.29) is 6.42 Å². The Balaban J connectivity index is 1.63. The summed E-state index contributed by atoms with van der Waals surface area (Å²) in [5.41, 5.74) is 2.09. The number of benzene rings is 2. The van der Waals surface area contributed by atoms with Crippen LogP contribution >= 0.6 is 0 Å². The second kappa shape index (κ2) is 7.59. The molecule has 4 nitrogen and oxygen atoms in total. The van der Waals surface area contributed by atoms with Crippen molar-refractivity contribution in [1.82, 2.24) is 15.3 Å². The highest BCUT2D eigenvalue weighted by molar-refractivity contribution is 5.77. The molecule has 0 radical (unpaired) electrons.